The highest BCUT2D eigenvalue weighted by Gasteiger charge is 2.11. The number of carbonyl (C=O) groups excluding carboxylic acids is 1. The van der Waals surface area contributed by atoms with Crippen molar-refractivity contribution in [1.29, 1.82) is 0 Å². The number of amides is 1. The van der Waals surface area contributed by atoms with Gasteiger partial charge in [0.15, 0.2) is 6.61 Å². The van der Waals surface area contributed by atoms with Crippen LogP contribution in [0.4, 0.5) is 0 Å². The molecule has 1 aromatic rings. The normalized spacial score (nSPS) is 12.0. The van der Waals surface area contributed by atoms with Crippen LogP contribution in [0.1, 0.15) is 25.0 Å². The molecule has 2 N–H and O–H groups in total. The molecule has 1 amide bonds. The average molecular weight is 346 g/mol. The number of aliphatic hydroxyl groups is 1. The lowest BCUT2D eigenvalue weighted by molar-refractivity contribution is -0.123. The minimum Gasteiger partial charge on any atom is -0.483 e. The van der Waals surface area contributed by atoms with E-state index < -0.39 is 6.10 Å². The molecule has 0 saturated carbocycles. The number of methoxy groups -OCH3 is 1. The van der Waals surface area contributed by atoms with Gasteiger partial charge in [0, 0.05) is 30.3 Å². The second kappa shape index (κ2) is 8.94. The Balaban J connectivity index is 2.47. The molecule has 6 heteroatoms. The van der Waals surface area contributed by atoms with Gasteiger partial charge in [-0.15, -0.1) is 0 Å². The molecule has 0 aromatic heterocycles. The molecule has 0 fully saturated rings. The Kier molecular flexibility index (Phi) is 7.58. The van der Waals surface area contributed by atoms with Crippen LogP contribution in [0, 0.1) is 0 Å². The first-order valence-corrected chi connectivity index (χ1v) is 7.20. The monoisotopic (exact) mass is 345 g/mol. The van der Waals surface area contributed by atoms with Crippen LogP contribution in [-0.4, -0.2) is 37.9 Å². The second-order valence-electron chi connectivity index (χ2n) is 4.34. The predicted octanol–water partition coefficient (Wildman–Crippen LogP) is 2.03. The van der Waals surface area contributed by atoms with Crippen molar-refractivity contribution in [3.05, 3.63) is 28.2 Å². The third-order valence-electron chi connectivity index (χ3n) is 2.63. The third kappa shape index (κ3) is 5.90. The summed E-state index contributed by atoms with van der Waals surface area (Å²) in [5.74, 6) is 0.316. The summed E-state index contributed by atoms with van der Waals surface area (Å²) in [5.41, 5.74) is 0.645. The smallest absolute Gasteiger partial charge is 0.257 e. The number of aliphatic hydroxyl groups excluding tert-OH is 1. The van der Waals surface area contributed by atoms with Gasteiger partial charge in [0.2, 0.25) is 0 Å². The van der Waals surface area contributed by atoms with Crippen molar-refractivity contribution in [2.75, 3.05) is 26.9 Å². The third-order valence-corrected chi connectivity index (χ3v) is 3.12. The van der Waals surface area contributed by atoms with Gasteiger partial charge in [0.25, 0.3) is 5.91 Å². The van der Waals surface area contributed by atoms with E-state index >= 15 is 0 Å². The van der Waals surface area contributed by atoms with E-state index in [1.807, 2.05) is 0 Å². The lowest BCUT2D eigenvalue weighted by Crippen LogP contribution is -2.30. The van der Waals surface area contributed by atoms with E-state index in [9.17, 15) is 9.90 Å². The van der Waals surface area contributed by atoms with Crippen molar-refractivity contribution >= 4 is 21.8 Å². The zero-order valence-electron chi connectivity index (χ0n) is 11.7. The molecular formula is C14H20BrNO4. The van der Waals surface area contributed by atoms with E-state index in [1.54, 1.807) is 32.2 Å². The summed E-state index contributed by atoms with van der Waals surface area (Å²) in [7, 11) is 1.62. The molecule has 1 atom stereocenters. The highest BCUT2D eigenvalue weighted by molar-refractivity contribution is 9.10. The van der Waals surface area contributed by atoms with Gasteiger partial charge in [-0.05, 0) is 31.5 Å². The van der Waals surface area contributed by atoms with Crippen molar-refractivity contribution < 1.29 is 19.4 Å². The molecule has 0 aliphatic carbocycles. The quantitative estimate of drug-likeness (QED) is 0.707. The van der Waals surface area contributed by atoms with Gasteiger partial charge in [-0.2, -0.15) is 0 Å². The number of rotatable bonds is 8. The minimum absolute atomic E-state index is 0.0751. The van der Waals surface area contributed by atoms with Crippen LogP contribution < -0.4 is 10.1 Å². The largest absolute Gasteiger partial charge is 0.483 e. The topological polar surface area (TPSA) is 67.8 Å². The Morgan fingerprint density at radius 3 is 2.90 bits per heavy atom. The molecule has 1 rings (SSSR count). The summed E-state index contributed by atoms with van der Waals surface area (Å²) in [6, 6.07) is 5.30. The summed E-state index contributed by atoms with van der Waals surface area (Å²) < 4.78 is 11.2. The van der Waals surface area contributed by atoms with E-state index in [4.69, 9.17) is 9.47 Å². The molecule has 1 aromatic carbocycles. The van der Waals surface area contributed by atoms with Crippen molar-refractivity contribution in [3.63, 3.8) is 0 Å². The first-order chi connectivity index (χ1) is 9.54. The maximum Gasteiger partial charge on any atom is 0.257 e. The van der Waals surface area contributed by atoms with Crippen molar-refractivity contribution in [1.82, 2.24) is 5.32 Å². The van der Waals surface area contributed by atoms with E-state index in [0.29, 0.717) is 24.5 Å². The summed E-state index contributed by atoms with van der Waals surface area (Å²) in [5, 5.41) is 12.4. The van der Waals surface area contributed by atoms with Crippen molar-refractivity contribution in [2.24, 2.45) is 0 Å². The zero-order valence-corrected chi connectivity index (χ0v) is 13.3. The lowest BCUT2D eigenvalue weighted by atomic mass is 10.1. The van der Waals surface area contributed by atoms with E-state index in [1.165, 1.54) is 0 Å². The van der Waals surface area contributed by atoms with Gasteiger partial charge in [-0.1, -0.05) is 15.9 Å². The van der Waals surface area contributed by atoms with Gasteiger partial charge in [-0.3, -0.25) is 4.79 Å². The SMILES string of the molecule is COCCCNC(=O)COc1ccc(Br)cc1C(C)O. The molecule has 0 radical (unpaired) electrons. The van der Waals surface area contributed by atoms with E-state index in [2.05, 4.69) is 21.2 Å². The van der Waals surface area contributed by atoms with Gasteiger partial charge in [0.05, 0.1) is 6.10 Å². The Morgan fingerprint density at radius 2 is 2.25 bits per heavy atom. The lowest BCUT2D eigenvalue weighted by Gasteiger charge is -2.13. The van der Waals surface area contributed by atoms with Crippen LogP contribution >= 0.6 is 15.9 Å². The Bertz CT molecular complexity index is 437. The molecule has 0 aliphatic rings. The number of ether oxygens (including phenoxy) is 2. The molecule has 0 saturated heterocycles. The molecule has 0 aliphatic heterocycles. The minimum atomic E-state index is -0.660. The van der Waals surface area contributed by atoms with Crippen LogP contribution in [0.25, 0.3) is 0 Å². The summed E-state index contributed by atoms with van der Waals surface area (Å²) >= 11 is 3.34. The number of hydrogen-bond donors (Lipinski definition) is 2. The van der Waals surface area contributed by atoms with Crippen LogP contribution in [0.15, 0.2) is 22.7 Å². The predicted molar refractivity (Wildman–Crippen MR) is 79.8 cm³/mol. The Labute approximate surface area is 127 Å². The van der Waals surface area contributed by atoms with E-state index in [-0.39, 0.29) is 12.5 Å². The zero-order chi connectivity index (χ0) is 15.0. The highest BCUT2D eigenvalue weighted by Crippen LogP contribution is 2.28. The first kappa shape index (κ1) is 16.9. The molecule has 0 bridgehead atoms. The van der Waals surface area contributed by atoms with Crippen molar-refractivity contribution in [2.45, 2.75) is 19.4 Å². The van der Waals surface area contributed by atoms with E-state index in [0.717, 1.165) is 10.9 Å². The van der Waals surface area contributed by atoms with Gasteiger partial charge < -0.3 is 19.9 Å². The van der Waals surface area contributed by atoms with Gasteiger partial charge in [-0.25, -0.2) is 0 Å². The maximum atomic E-state index is 11.6. The van der Waals surface area contributed by atoms with Gasteiger partial charge in [0.1, 0.15) is 5.75 Å². The number of hydrogen-bond acceptors (Lipinski definition) is 4. The Morgan fingerprint density at radius 1 is 1.50 bits per heavy atom. The van der Waals surface area contributed by atoms with Crippen LogP contribution in [0.2, 0.25) is 0 Å². The first-order valence-electron chi connectivity index (χ1n) is 6.40. The summed E-state index contributed by atoms with van der Waals surface area (Å²) in [6.45, 7) is 2.74. The molecule has 112 valence electrons. The molecule has 5 nitrogen and oxygen atoms in total. The number of nitrogens with one attached hydrogen (secondary N) is 1. The number of halogens is 1. The van der Waals surface area contributed by atoms with Crippen LogP contribution in [0.5, 0.6) is 5.75 Å². The Hall–Kier alpha value is -1.11. The average Bonchev–Trinajstić information content (AvgIpc) is 2.42. The second-order valence-corrected chi connectivity index (χ2v) is 5.26. The standard InChI is InChI=1S/C14H20BrNO4/c1-10(17)12-8-11(15)4-5-13(12)20-9-14(18)16-6-3-7-19-2/h4-5,8,10,17H,3,6-7,9H2,1-2H3,(H,16,18). The van der Waals surface area contributed by atoms with Crippen LogP contribution in [0.3, 0.4) is 0 Å². The maximum absolute atomic E-state index is 11.6. The fourth-order valence-corrected chi connectivity index (χ4v) is 1.99. The van der Waals surface area contributed by atoms with Crippen LogP contribution in [-0.2, 0) is 9.53 Å². The number of benzene rings is 1. The molecule has 0 heterocycles. The molecule has 0 spiro atoms. The van der Waals surface area contributed by atoms with Crippen molar-refractivity contribution in [3.8, 4) is 5.75 Å². The number of carbonyl (C=O) groups is 1. The molecular weight excluding hydrogens is 326 g/mol. The highest BCUT2D eigenvalue weighted by atomic mass is 79.9. The molecule has 1 unspecified atom stereocenters. The fourth-order valence-electron chi connectivity index (χ4n) is 1.62. The summed E-state index contributed by atoms with van der Waals surface area (Å²) in [6.07, 6.45) is 0.103. The molecule has 20 heavy (non-hydrogen) atoms. The summed E-state index contributed by atoms with van der Waals surface area (Å²) in [4.78, 5) is 11.6. The fraction of sp³-hybridized carbons (Fsp3) is 0.500. The van der Waals surface area contributed by atoms with Gasteiger partial charge >= 0.3 is 0 Å².